The van der Waals surface area contributed by atoms with Crippen molar-refractivity contribution >= 4 is 27.7 Å². The standard InChI is InChI=1S/C13H15BrN2O2/c1-9(14)7-11(13(15)18)16-12(17)8-10-5-3-2-4-6-10/h2-6,11H,1,7-8H2,(H2,15,18)(H,16,17)/t11-/m0/s1. The fraction of sp³-hybridized carbons (Fsp3) is 0.231. The first-order valence-corrected chi connectivity index (χ1v) is 6.24. The van der Waals surface area contributed by atoms with E-state index in [0.29, 0.717) is 4.48 Å². The molecule has 0 heterocycles. The molecule has 0 aromatic heterocycles. The van der Waals surface area contributed by atoms with Crippen LogP contribution in [0, 0.1) is 0 Å². The number of amides is 2. The number of nitrogens with two attached hydrogens (primary N) is 1. The van der Waals surface area contributed by atoms with Crippen molar-refractivity contribution in [3.05, 3.63) is 47.0 Å². The summed E-state index contributed by atoms with van der Waals surface area (Å²) in [6.45, 7) is 3.63. The maximum absolute atomic E-state index is 11.7. The summed E-state index contributed by atoms with van der Waals surface area (Å²) >= 11 is 3.15. The summed E-state index contributed by atoms with van der Waals surface area (Å²) in [4.78, 5) is 22.9. The van der Waals surface area contributed by atoms with Crippen LogP contribution >= 0.6 is 15.9 Å². The van der Waals surface area contributed by atoms with Crippen molar-refractivity contribution < 1.29 is 9.59 Å². The monoisotopic (exact) mass is 310 g/mol. The average molecular weight is 311 g/mol. The average Bonchev–Trinajstić information content (AvgIpc) is 2.28. The van der Waals surface area contributed by atoms with Gasteiger partial charge in [-0.2, -0.15) is 0 Å². The molecule has 1 aromatic carbocycles. The molecule has 3 N–H and O–H groups in total. The van der Waals surface area contributed by atoms with Crippen LogP contribution in [0.25, 0.3) is 0 Å². The van der Waals surface area contributed by atoms with Gasteiger partial charge in [-0.05, 0) is 10.0 Å². The second-order valence-electron chi connectivity index (χ2n) is 3.91. The van der Waals surface area contributed by atoms with Gasteiger partial charge < -0.3 is 11.1 Å². The third-order valence-corrected chi connectivity index (χ3v) is 2.64. The third kappa shape index (κ3) is 5.14. The van der Waals surface area contributed by atoms with E-state index < -0.39 is 11.9 Å². The molecule has 1 aromatic rings. The van der Waals surface area contributed by atoms with Gasteiger partial charge in [0.2, 0.25) is 11.8 Å². The largest absolute Gasteiger partial charge is 0.368 e. The summed E-state index contributed by atoms with van der Waals surface area (Å²) in [6, 6.07) is 8.56. The summed E-state index contributed by atoms with van der Waals surface area (Å²) in [5, 5.41) is 2.59. The lowest BCUT2D eigenvalue weighted by atomic mass is 10.1. The SMILES string of the molecule is C=C(Br)C[C@H](NC(=O)Cc1ccccc1)C(N)=O. The Balaban J connectivity index is 2.56. The van der Waals surface area contributed by atoms with Crippen LogP contribution in [0.1, 0.15) is 12.0 Å². The maximum atomic E-state index is 11.7. The topological polar surface area (TPSA) is 72.2 Å². The Labute approximate surface area is 114 Å². The van der Waals surface area contributed by atoms with Gasteiger partial charge in [0.05, 0.1) is 6.42 Å². The molecule has 4 nitrogen and oxygen atoms in total. The molecule has 0 bridgehead atoms. The van der Waals surface area contributed by atoms with E-state index in [0.717, 1.165) is 5.56 Å². The minimum atomic E-state index is -0.729. The molecule has 0 aliphatic carbocycles. The molecule has 1 atom stereocenters. The number of halogens is 1. The van der Waals surface area contributed by atoms with Crippen LogP contribution < -0.4 is 11.1 Å². The van der Waals surface area contributed by atoms with Gasteiger partial charge in [0.15, 0.2) is 0 Å². The van der Waals surface area contributed by atoms with E-state index in [1.807, 2.05) is 30.3 Å². The zero-order chi connectivity index (χ0) is 13.5. The Morgan fingerprint density at radius 3 is 2.44 bits per heavy atom. The molecule has 0 aliphatic heterocycles. The minimum Gasteiger partial charge on any atom is -0.368 e. The van der Waals surface area contributed by atoms with Gasteiger partial charge in [0, 0.05) is 6.42 Å². The molecular formula is C13H15BrN2O2. The Kier molecular flexibility index (Phi) is 5.58. The van der Waals surface area contributed by atoms with Crippen LogP contribution in [-0.4, -0.2) is 17.9 Å². The zero-order valence-electron chi connectivity index (χ0n) is 9.86. The zero-order valence-corrected chi connectivity index (χ0v) is 11.4. The summed E-state index contributed by atoms with van der Waals surface area (Å²) < 4.78 is 0.617. The van der Waals surface area contributed by atoms with Gasteiger partial charge in [-0.25, -0.2) is 0 Å². The van der Waals surface area contributed by atoms with Crippen LogP contribution in [0.2, 0.25) is 0 Å². The van der Waals surface area contributed by atoms with Crippen molar-refractivity contribution in [3.8, 4) is 0 Å². The Morgan fingerprint density at radius 1 is 1.33 bits per heavy atom. The lowest BCUT2D eigenvalue weighted by molar-refractivity contribution is -0.126. The van der Waals surface area contributed by atoms with Gasteiger partial charge in [-0.3, -0.25) is 9.59 Å². The molecule has 5 heteroatoms. The van der Waals surface area contributed by atoms with Crippen LogP contribution in [0.15, 0.2) is 41.4 Å². The van der Waals surface area contributed by atoms with Crippen LogP contribution in [0.5, 0.6) is 0 Å². The van der Waals surface area contributed by atoms with Crippen molar-refractivity contribution in [1.82, 2.24) is 5.32 Å². The first kappa shape index (κ1) is 14.4. The summed E-state index contributed by atoms with van der Waals surface area (Å²) in [6.07, 6.45) is 0.509. The Bertz CT molecular complexity index is 446. The molecule has 0 fully saturated rings. The van der Waals surface area contributed by atoms with E-state index in [1.165, 1.54) is 0 Å². The summed E-state index contributed by atoms with van der Waals surface area (Å²) in [5.41, 5.74) is 6.10. The third-order valence-electron chi connectivity index (χ3n) is 2.31. The molecule has 0 radical (unpaired) electrons. The number of hydrogen-bond donors (Lipinski definition) is 2. The summed E-state index contributed by atoms with van der Waals surface area (Å²) in [7, 11) is 0. The van der Waals surface area contributed by atoms with Crippen molar-refractivity contribution in [2.75, 3.05) is 0 Å². The van der Waals surface area contributed by atoms with Crippen molar-refractivity contribution in [3.63, 3.8) is 0 Å². The Morgan fingerprint density at radius 2 is 1.94 bits per heavy atom. The number of benzene rings is 1. The molecule has 2 amide bonds. The second-order valence-corrected chi connectivity index (χ2v) is 5.03. The number of carbonyl (C=O) groups is 2. The number of carbonyl (C=O) groups excluding carboxylic acids is 2. The van der Waals surface area contributed by atoms with Crippen molar-refractivity contribution in [2.45, 2.75) is 18.9 Å². The van der Waals surface area contributed by atoms with Gasteiger partial charge in [0.25, 0.3) is 0 Å². The highest BCUT2D eigenvalue weighted by atomic mass is 79.9. The smallest absolute Gasteiger partial charge is 0.240 e. The fourth-order valence-electron chi connectivity index (χ4n) is 1.47. The maximum Gasteiger partial charge on any atom is 0.240 e. The van der Waals surface area contributed by atoms with Crippen LogP contribution in [-0.2, 0) is 16.0 Å². The van der Waals surface area contributed by atoms with Gasteiger partial charge in [-0.15, -0.1) is 0 Å². The van der Waals surface area contributed by atoms with E-state index in [4.69, 9.17) is 5.73 Å². The number of primary amides is 1. The van der Waals surface area contributed by atoms with Crippen molar-refractivity contribution in [2.24, 2.45) is 5.73 Å². The molecular weight excluding hydrogens is 296 g/mol. The second kappa shape index (κ2) is 6.96. The molecule has 0 unspecified atom stereocenters. The molecule has 1 rings (SSSR count). The van der Waals surface area contributed by atoms with E-state index in [-0.39, 0.29) is 18.7 Å². The quantitative estimate of drug-likeness (QED) is 0.835. The lowest BCUT2D eigenvalue weighted by Crippen LogP contribution is -2.45. The van der Waals surface area contributed by atoms with Crippen LogP contribution in [0.3, 0.4) is 0 Å². The predicted molar refractivity (Wildman–Crippen MR) is 74.0 cm³/mol. The van der Waals surface area contributed by atoms with Gasteiger partial charge >= 0.3 is 0 Å². The normalized spacial score (nSPS) is 11.6. The van der Waals surface area contributed by atoms with Crippen LogP contribution in [0.4, 0.5) is 0 Å². The Hall–Kier alpha value is -1.62. The first-order chi connectivity index (χ1) is 8.49. The fourth-order valence-corrected chi connectivity index (χ4v) is 1.79. The highest BCUT2D eigenvalue weighted by Crippen LogP contribution is 2.10. The lowest BCUT2D eigenvalue weighted by Gasteiger charge is -2.14. The van der Waals surface area contributed by atoms with E-state index in [1.54, 1.807) is 0 Å². The van der Waals surface area contributed by atoms with E-state index >= 15 is 0 Å². The molecule has 0 saturated heterocycles. The highest BCUT2D eigenvalue weighted by Gasteiger charge is 2.18. The van der Waals surface area contributed by atoms with Gasteiger partial charge in [-0.1, -0.05) is 52.8 Å². The molecule has 0 spiro atoms. The predicted octanol–water partition coefficient (Wildman–Crippen LogP) is 1.50. The molecule has 0 saturated carbocycles. The number of hydrogen-bond acceptors (Lipinski definition) is 2. The molecule has 96 valence electrons. The van der Waals surface area contributed by atoms with E-state index in [9.17, 15) is 9.59 Å². The number of nitrogens with one attached hydrogen (secondary N) is 1. The highest BCUT2D eigenvalue weighted by molar-refractivity contribution is 9.11. The molecule has 18 heavy (non-hydrogen) atoms. The van der Waals surface area contributed by atoms with Gasteiger partial charge in [0.1, 0.15) is 6.04 Å². The first-order valence-electron chi connectivity index (χ1n) is 5.45. The van der Waals surface area contributed by atoms with E-state index in [2.05, 4.69) is 27.8 Å². The molecule has 0 aliphatic rings. The number of rotatable bonds is 6. The minimum absolute atomic E-state index is 0.222. The summed E-state index contributed by atoms with van der Waals surface area (Å²) in [5.74, 6) is -0.809. The van der Waals surface area contributed by atoms with Crippen molar-refractivity contribution in [1.29, 1.82) is 0 Å².